The largest absolute Gasteiger partial charge is 0.160 e. The second-order valence-electron chi connectivity index (χ2n) is 3.83. The summed E-state index contributed by atoms with van der Waals surface area (Å²) < 4.78 is 1.01. The Balaban J connectivity index is 2.02. The van der Waals surface area contributed by atoms with Gasteiger partial charge in [-0.3, -0.25) is 0 Å². The van der Waals surface area contributed by atoms with E-state index in [1.54, 1.807) is 11.3 Å². The van der Waals surface area contributed by atoms with Gasteiger partial charge in [0.15, 0.2) is 0 Å². The fourth-order valence-electron chi connectivity index (χ4n) is 1.65. The lowest BCUT2D eigenvalue weighted by Gasteiger charge is -2.01. The fraction of sp³-hybridized carbons (Fsp3) is 0.667. The Hall–Kier alpha value is -0.235. The number of aryl methyl sites for hydroxylation is 1. The molecule has 0 N–H and O–H groups in total. The standard InChI is InChI=1S/C12H19BS/c1-2-3-4-5-6-7-8-11-9-10-14-12(11)13/h9-10H,2-8H2,1H3. The molecule has 0 nitrogen and oxygen atoms in total. The second kappa shape index (κ2) is 7.11. The Morgan fingerprint density at radius 1 is 1.14 bits per heavy atom. The number of hydrogen-bond donors (Lipinski definition) is 0. The molecule has 0 spiro atoms. The molecular weight excluding hydrogens is 187 g/mol. The van der Waals surface area contributed by atoms with E-state index in [4.69, 9.17) is 7.85 Å². The van der Waals surface area contributed by atoms with Crippen molar-refractivity contribution in [3.8, 4) is 0 Å². The Bertz CT molecular complexity index is 242. The van der Waals surface area contributed by atoms with Crippen molar-refractivity contribution in [1.82, 2.24) is 0 Å². The van der Waals surface area contributed by atoms with E-state index in [0.29, 0.717) is 0 Å². The fourth-order valence-corrected chi connectivity index (χ4v) is 2.35. The van der Waals surface area contributed by atoms with Crippen LogP contribution in [0.15, 0.2) is 11.4 Å². The van der Waals surface area contributed by atoms with Crippen LogP contribution < -0.4 is 4.78 Å². The van der Waals surface area contributed by atoms with Gasteiger partial charge in [-0.25, -0.2) is 0 Å². The third-order valence-corrected chi connectivity index (χ3v) is 3.37. The molecule has 76 valence electrons. The number of thiophene rings is 1. The first-order valence-electron chi connectivity index (χ1n) is 5.66. The maximum atomic E-state index is 5.82. The Kier molecular flexibility index (Phi) is 6.01. The van der Waals surface area contributed by atoms with Crippen LogP contribution in [0.3, 0.4) is 0 Å². The quantitative estimate of drug-likeness (QED) is 0.473. The van der Waals surface area contributed by atoms with Crippen molar-refractivity contribution < 1.29 is 0 Å². The summed E-state index contributed by atoms with van der Waals surface area (Å²) in [5.41, 5.74) is 1.35. The van der Waals surface area contributed by atoms with Crippen molar-refractivity contribution in [2.45, 2.75) is 51.9 Å². The molecule has 14 heavy (non-hydrogen) atoms. The first-order chi connectivity index (χ1) is 6.84. The molecule has 0 atom stereocenters. The monoisotopic (exact) mass is 206 g/mol. The van der Waals surface area contributed by atoms with Crippen molar-refractivity contribution in [3.63, 3.8) is 0 Å². The first kappa shape index (κ1) is 11.8. The van der Waals surface area contributed by atoms with Crippen LogP contribution in [0.1, 0.15) is 51.0 Å². The molecule has 0 aliphatic heterocycles. The van der Waals surface area contributed by atoms with E-state index >= 15 is 0 Å². The van der Waals surface area contributed by atoms with Crippen LogP contribution in [0.5, 0.6) is 0 Å². The number of rotatable bonds is 7. The van der Waals surface area contributed by atoms with Crippen molar-refractivity contribution in [1.29, 1.82) is 0 Å². The minimum Gasteiger partial charge on any atom is -0.160 e. The van der Waals surface area contributed by atoms with E-state index < -0.39 is 0 Å². The van der Waals surface area contributed by atoms with E-state index in [9.17, 15) is 0 Å². The van der Waals surface area contributed by atoms with Gasteiger partial charge >= 0.3 is 0 Å². The lowest BCUT2D eigenvalue weighted by molar-refractivity contribution is 0.608. The molecule has 0 amide bonds. The van der Waals surface area contributed by atoms with Gasteiger partial charge in [-0.2, -0.15) is 11.3 Å². The SMILES string of the molecule is [B]c1sccc1CCCCCCCC. The van der Waals surface area contributed by atoms with Crippen molar-refractivity contribution in [3.05, 3.63) is 17.0 Å². The van der Waals surface area contributed by atoms with Gasteiger partial charge in [0.05, 0.1) is 0 Å². The highest BCUT2D eigenvalue weighted by Gasteiger charge is 1.98. The average Bonchev–Trinajstić information content (AvgIpc) is 2.58. The minimum atomic E-state index is 1.01. The summed E-state index contributed by atoms with van der Waals surface area (Å²) >= 11 is 1.65. The molecule has 0 aliphatic carbocycles. The summed E-state index contributed by atoms with van der Waals surface area (Å²) in [6.45, 7) is 2.26. The molecule has 1 rings (SSSR count). The Labute approximate surface area is 93.1 Å². The lowest BCUT2D eigenvalue weighted by atomic mass is 9.98. The zero-order valence-electron chi connectivity index (χ0n) is 9.09. The van der Waals surface area contributed by atoms with Gasteiger partial charge in [0, 0.05) is 0 Å². The van der Waals surface area contributed by atoms with E-state index in [1.165, 1.54) is 50.5 Å². The van der Waals surface area contributed by atoms with Gasteiger partial charge in [0.2, 0.25) is 0 Å². The van der Waals surface area contributed by atoms with E-state index in [0.717, 1.165) is 4.78 Å². The van der Waals surface area contributed by atoms with Gasteiger partial charge in [-0.15, -0.1) is 0 Å². The predicted molar refractivity (Wildman–Crippen MR) is 66.8 cm³/mol. The lowest BCUT2D eigenvalue weighted by Crippen LogP contribution is -2.02. The zero-order chi connectivity index (χ0) is 10.2. The number of unbranched alkanes of at least 4 members (excludes halogenated alkanes) is 5. The van der Waals surface area contributed by atoms with E-state index in [1.807, 2.05) is 0 Å². The third-order valence-electron chi connectivity index (χ3n) is 2.58. The summed E-state index contributed by atoms with van der Waals surface area (Å²) in [6, 6.07) is 2.16. The molecule has 2 radical (unpaired) electrons. The highest BCUT2D eigenvalue weighted by Crippen LogP contribution is 2.10. The molecule has 0 saturated carbocycles. The first-order valence-corrected chi connectivity index (χ1v) is 6.54. The molecule has 1 heterocycles. The highest BCUT2D eigenvalue weighted by molar-refractivity contribution is 7.18. The molecule has 0 aromatic carbocycles. The number of hydrogen-bond acceptors (Lipinski definition) is 1. The average molecular weight is 206 g/mol. The molecule has 0 fully saturated rings. The molecular formula is C12H19BS. The normalized spacial score (nSPS) is 10.6. The molecule has 1 aromatic heterocycles. The molecule has 1 aromatic rings. The Morgan fingerprint density at radius 2 is 1.86 bits per heavy atom. The van der Waals surface area contributed by atoms with Crippen molar-refractivity contribution >= 4 is 24.0 Å². The summed E-state index contributed by atoms with van der Waals surface area (Å²) in [6.07, 6.45) is 9.33. The molecule has 2 heteroatoms. The van der Waals surface area contributed by atoms with Crippen molar-refractivity contribution in [2.24, 2.45) is 0 Å². The highest BCUT2D eigenvalue weighted by atomic mass is 32.1. The van der Waals surface area contributed by atoms with Gasteiger partial charge in [-0.1, -0.05) is 39.0 Å². The van der Waals surface area contributed by atoms with Gasteiger partial charge in [0.1, 0.15) is 7.85 Å². The second-order valence-corrected chi connectivity index (χ2v) is 4.78. The van der Waals surface area contributed by atoms with Gasteiger partial charge in [-0.05, 0) is 34.6 Å². The van der Waals surface area contributed by atoms with Gasteiger partial charge in [0.25, 0.3) is 0 Å². The van der Waals surface area contributed by atoms with Gasteiger partial charge < -0.3 is 0 Å². The topological polar surface area (TPSA) is 0 Å². The summed E-state index contributed by atoms with van der Waals surface area (Å²) in [7, 11) is 5.82. The minimum absolute atomic E-state index is 1.01. The maximum Gasteiger partial charge on any atom is 0.129 e. The summed E-state index contributed by atoms with van der Waals surface area (Å²) in [4.78, 5) is 0. The van der Waals surface area contributed by atoms with Crippen LogP contribution >= 0.6 is 11.3 Å². The maximum absolute atomic E-state index is 5.82. The smallest absolute Gasteiger partial charge is 0.129 e. The molecule has 0 bridgehead atoms. The van der Waals surface area contributed by atoms with Crippen LogP contribution in [0, 0.1) is 0 Å². The van der Waals surface area contributed by atoms with Crippen LogP contribution in [0.2, 0.25) is 0 Å². The molecule has 0 unspecified atom stereocenters. The van der Waals surface area contributed by atoms with Crippen LogP contribution in [-0.2, 0) is 6.42 Å². The predicted octanol–water partition coefficient (Wildman–Crippen LogP) is 3.44. The van der Waals surface area contributed by atoms with E-state index in [2.05, 4.69) is 18.4 Å². The van der Waals surface area contributed by atoms with Crippen LogP contribution in [0.4, 0.5) is 0 Å². The summed E-state index contributed by atoms with van der Waals surface area (Å²) in [5.74, 6) is 0. The van der Waals surface area contributed by atoms with Crippen LogP contribution in [0.25, 0.3) is 0 Å². The molecule has 0 saturated heterocycles. The Morgan fingerprint density at radius 3 is 2.50 bits per heavy atom. The van der Waals surface area contributed by atoms with Crippen molar-refractivity contribution in [2.75, 3.05) is 0 Å². The third kappa shape index (κ3) is 4.32. The summed E-state index contributed by atoms with van der Waals surface area (Å²) in [5, 5.41) is 2.09. The van der Waals surface area contributed by atoms with E-state index in [-0.39, 0.29) is 0 Å². The zero-order valence-corrected chi connectivity index (χ0v) is 9.91. The molecule has 0 aliphatic rings. The van der Waals surface area contributed by atoms with Crippen LogP contribution in [-0.4, -0.2) is 7.85 Å².